The molecule has 0 saturated heterocycles. The van der Waals surface area contributed by atoms with E-state index in [9.17, 15) is 4.79 Å². The van der Waals surface area contributed by atoms with Gasteiger partial charge >= 0.3 is 0 Å². The Kier molecular flexibility index (Phi) is 9.94. The van der Waals surface area contributed by atoms with Crippen LogP contribution >= 0.6 is 0 Å². The molecule has 0 bridgehead atoms. The lowest BCUT2D eigenvalue weighted by atomic mass is 9.94. The first-order valence-electron chi connectivity index (χ1n) is 6.82. The largest absolute Gasteiger partial charge is 0.300 e. The van der Waals surface area contributed by atoms with Crippen molar-refractivity contribution in [2.75, 3.05) is 0 Å². The van der Waals surface area contributed by atoms with Gasteiger partial charge in [0.05, 0.1) is 0 Å². The van der Waals surface area contributed by atoms with Gasteiger partial charge in [-0.2, -0.15) is 0 Å². The van der Waals surface area contributed by atoms with Crippen molar-refractivity contribution in [2.45, 2.75) is 52.4 Å². The number of unbranched alkanes of at least 4 members (excludes halogenated alkanes) is 1. The predicted octanol–water partition coefficient (Wildman–Crippen LogP) is 5.13. The summed E-state index contributed by atoms with van der Waals surface area (Å²) < 4.78 is 0. The average molecular weight is 246 g/mol. The lowest BCUT2D eigenvalue weighted by Gasteiger charge is -2.11. The zero-order valence-corrected chi connectivity index (χ0v) is 12.0. The van der Waals surface area contributed by atoms with Gasteiger partial charge in [-0.15, -0.1) is 6.58 Å². The van der Waals surface area contributed by atoms with Crippen molar-refractivity contribution in [2.24, 2.45) is 0 Å². The fraction of sp³-hybridized carbons (Fsp3) is 0.471. The smallest absolute Gasteiger partial charge is 0.129 e. The van der Waals surface area contributed by atoms with Crippen molar-refractivity contribution in [3.8, 4) is 0 Å². The molecule has 0 aliphatic carbocycles. The summed E-state index contributed by atoms with van der Waals surface area (Å²) in [6, 6.07) is 10.6. The van der Waals surface area contributed by atoms with Crippen molar-refractivity contribution in [3.05, 3.63) is 48.6 Å². The topological polar surface area (TPSA) is 17.1 Å². The summed E-state index contributed by atoms with van der Waals surface area (Å²) in [5.74, 6) is 0.797. The molecule has 1 nitrogen and oxygen atoms in total. The van der Waals surface area contributed by atoms with Crippen LogP contribution in [0.1, 0.15) is 57.9 Å². The van der Waals surface area contributed by atoms with E-state index in [1.54, 1.807) is 6.92 Å². The molecule has 1 aromatic rings. The summed E-state index contributed by atoms with van der Waals surface area (Å²) in [5, 5.41) is 0. The molecule has 0 heterocycles. The van der Waals surface area contributed by atoms with Gasteiger partial charge in [0.25, 0.3) is 0 Å². The zero-order chi connectivity index (χ0) is 13.8. The Morgan fingerprint density at radius 2 is 1.83 bits per heavy atom. The lowest BCUT2D eigenvalue weighted by Crippen LogP contribution is -1.93. The number of allylic oxidation sites excluding steroid dienone is 1. The van der Waals surface area contributed by atoms with Gasteiger partial charge in [0.15, 0.2) is 0 Å². The summed E-state index contributed by atoms with van der Waals surface area (Å²) >= 11 is 0. The fourth-order valence-electron chi connectivity index (χ4n) is 1.54. The highest BCUT2D eigenvalue weighted by molar-refractivity contribution is 5.74. The van der Waals surface area contributed by atoms with Gasteiger partial charge in [0, 0.05) is 12.3 Å². The van der Waals surface area contributed by atoms with Crippen LogP contribution < -0.4 is 0 Å². The number of ketones is 1. The zero-order valence-electron chi connectivity index (χ0n) is 12.0. The molecule has 100 valence electrons. The quantitative estimate of drug-likeness (QED) is 0.636. The first-order valence-corrected chi connectivity index (χ1v) is 6.82. The number of hydrogen-bond donors (Lipinski definition) is 0. The van der Waals surface area contributed by atoms with E-state index >= 15 is 0 Å². The molecule has 18 heavy (non-hydrogen) atoms. The molecule has 0 fully saturated rings. The van der Waals surface area contributed by atoms with Gasteiger partial charge < -0.3 is 4.79 Å². The van der Waals surface area contributed by atoms with Crippen molar-refractivity contribution >= 4 is 5.78 Å². The number of carbonyl (C=O) groups is 1. The van der Waals surface area contributed by atoms with Crippen LogP contribution in [0.2, 0.25) is 0 Å². The third kappa shape index (κ3) is 7.83. The van der Waals surface area contributed by atoms with E-state index in [0.717, 1.165) is 0 Å². The second-order valence-corrected chi connectivity index (χ2v) is 4.45. The van der Waals surface area contributed by atoms with Crippen LogP contribution in [0.5, 0.6) is 0 Å². The van der Waals surface area contributed by atoms with E-state index in [1.807, 2.05) is 6.92 Å². The maximum Gasteiger partial charge on any atom is 0.129 e. The average Bonchev–Trinajstić information content (AvgIpc) is 2.41. The molecule has 1 aromatic carbocycles. The molecule has 1 atom stereocenters. The van der Waals surface area contributed by atoms with Gasteiger partial charge in [-0.05, 0) is 18.9 Å². The van der Waals surface area contributed by atoms with Crippen molar-refractivity contribution in [1.29, 1.82) is 0 Å². The second-order valence-electron chi connectivity index (χ2n) is 4.45. The van der Waals surface area contributed by atoms with Crippen LogP contribution in [0.4, 0.5) is 0 Å². The van der Waals surface area contributed by atoms with Crippen LogP contribution in [0.3, 0.4) is 0 Å². The molecule has 1 heteroatoms. The normalized spacial score (nSPS) is 11.1. The van der Waals surface area contributed by atoms with Gasteiger partial charge in [-0.3, -0.25) is 0 Å². The van der Waals surface area contributed by atoms with E-state index in [2.05, 4.69) is 49.9 Å². The Balaban J connectivity index is 0.000000494. The lowest BCUT2D eigenvalue weighted by molar-refractivity contribution is -0.116. The standard InChI is InChI=1S/C13H18.C4H8O/c1-3-5-9-12(4-2)13-10-7-6-8-11-13;1-3-4(2)5/h4,6-8,10-12H,2-3,5,9H2,1H3;3H2,1-2H3. The Hall–Kier alpha value is -1.37. The molecule has 0 spiro atoms. The highest BCUT2D eigenvalue weighted by Gasteiger charge is 2.04. The van der Waals surface area contributed by atoms with E-state index in [1.165, 1.54) is 24.8 Å². The highest BCUT2D eigenvalue weighted by atomic mass is 16.1. The van der Waals surface area contributed by atoms with Crippen LogP contribution in [0.25, 0.3) is 0 Å². The minimum absolute atomic E-state index is 0.255. The predicted molar refractivity (Wildman–Crippen MR) is 79.9 cm³/mol. The molecule has 1 unspecified atom stereocenters. The number of carbonyl (C=O) groups excluding carboxylic acids is 1. The Labute approximate surface area is 112 Å². The molecule has 0 aromatic heterocycles. The molecular formula is C17H26O. The molecule has 0 saturated carbocycles. The molecule has 1 rings (SSSR count). The number of Topliss-reactive ketones (excluding diaryl/α,β-unsaturated/α-hetero) is 1. The summed E-state index contributed by atoms with van der Waals surface area (Å²) in [5.41, 5.74) is 1.39. The first-order chi connectivity index (χ1) is 8.65. The van der Waals surface area contributed by atoms with Gasteiger partial charge in [0.2, 0.25) is 0 Å². The van der Waals surface area contributed by atoms with E-state index in [0.29, 0.717) is 12.3 Å². The Morgan fingerprint density at radius 1 is 1.28 bits per heavy atom. The van der Waals surface area contributed by atoms with Gasteiger partial charge in [0.1, 0.15) is 5.78 Å². The monoisotopic (exact) mass is 246 g/mol. The molecule has 0 aliphatic rings. The first kappa shape index (κ1) is 16.6. The van der Waals surface area contributed by atoms with E-state index < -0.39 is 0 Å². The second kappa shape index (κ2) is 10.8. The number of hydrogen-bond acceptors (Lipinski definition) is 1. The Bertz CT molecular complexity index is 327. The van der Waals surface area contributed by atoms with E-state index in [-0.39, 0.29) is 5.78 Å². The summed E-state index contributed by atoms with van der Waals surface area (Å²) in [7, 11) is 0. The third-order valence-corrected chi connectivity index (χ3v) is 2.88. The number of rotatable bonds is 6. The van der Waals surface area contributed by atoms with Crippen molar-refractivity contribution < 1.29 is 4.79 Å². The molecular weight excluding hydrogens is 220 g/mol. The maximum absolute atomic E-state index is 9.81. The summed E-state index contributed by atoms with van der Waals surface area (Å²) in [6.07, 6.45) is 6.50. The molecule has 0 aliphatic heterocycles. The van der Waals surface area contributed by atoms with Crippen molar-refractivity contribution in [3.63, 3.8) is 0 Å². The van der Waals surface area contributed by atoms with Gasteiger partial charge in [-0.25, -0.2) is 0 Å². The minimum Gasteiger partial charge on any atom is -0.300 e. The highest BCUT2D eigenvalue weighted by Crippen LogP contribution is 2.22. The maximum atomic E-state index is 9.81. The summed E-state index contributed by atoms with van der Waals surface area (Å²) in [6.45, 7) is 9.55. The third-order valence-electron chi connectivity index (χ3n) is 2.88. The SMILES string of the molecule is C=CC(CCCC)c1ccccc1.CCC(C)=O. The van der Waals surface area contributed by atoms with Crippen LogP contribution in [0, 0.1) is 0 Å². The minimum atomic E-state index is 0.255. The van der Waals surface area contributed by atoms with Crippen LogP contribution in [0.15, 0.2) is 43.0 Å². The Morgan fingerprint density at radius 3 is 2.22 bits per heavy atom. The van der Waals surface area contributed by atoms with Crippen LogP contribution in [-0.4, -0.2) is 5.78 Å². The molecule has 0 radical (unpaired) electrons. The van der Waals surface area contributed by atoms with Crippen molar-refractivity contribution in [1.82, 2.24) is 0 Å². The summed E-state index contributed by atoms with van der Waals surface area (Å²) in [4.78, 5) is 9.81. The molecule has 0 N–H and O–H groups in total. The van der Waals surface area contributed by atoms with E-state index in [4.69, 9.17) is 0 Å². The van der Waals surface area contributed by atoms with Crippen LogP contribution in [-0.2, 0) is 4.79 Å². The van der Waals surface area contributed by atoms with Gasteiger partial charge in [-0.1, -0.05) is 63.1 Å². The molecule has 0 amide bonds. The fourth-order valence-corrected chi connectivity index (χ4v) is 1.54. The number of benzene rings is 1.